The maximum absolute atomic E-state index is 12.1. The molecule has 0 bridgehead atoms. The Kier molecular flexibility index (Phi) is 16.8. The number of carbonyl (C=O) groups excluding carboxylic acids is 2. The lowest BCUT2D eigenvalue weighted by atomic mass is 9.97. The van der Waals surface area contributed by atoms with Crippen molar-refractivity contribution in [2.24, 2.45) is 5.92 Å². The fourth-order valence-electron chi connectivity index (χ4n) is 4.35. The van der Waals surface area contributed by atoms with Crippen molar-refractivity contribution < 1.29 is 14.3 Å². The summed E-state index contributed by atoms with van der Waals surface area (Å²) in [7, 11) is 0. The molecule has 1 aliphatic rings. The molecule has 0 radical (unpaired) electrons. The van der Waals surface area contributed by atoms with Gasteiger partial charge < -0.3 is 15.0 Å². The van der Waals surface area contributed by atoms with Gasteiger partial charge >= 0.3 is 6.09 Å². The van der Waals surface area contributed by atoms with Crippen LogP contribution in [0.15, 0.2) is 12.2 Å². The number of amides is 2. The van der Waals surface area contributed by atoms with Crippen molar-refractivity contribution >= 4 is 12.0 Å². The monoisotopic (exact) mass is 478 g/mol. The molecule has 1 rings (SSSR count). The van der Waals surface area contributed by atoms with Gasteiger partial charge in [0, 0.05) is 26.1 Å². The van der Waals surface area contributed by atoms with Crippen LogP contribution in [-0.2, 0) is 9.53 Å². The molecular weight excluding hydrogens is 424 g/mol. The van der Waals surface area contributed by atoms with Crippen LogP contribution >= 0.6 is 0 Å². The summed E-state index contributed by atoms with van der Waals surface area (Å²) in [6.07, 6.45) is 23.5. The molecule has 0 aromatic rings. The van der Waals surface area contributed by atoms with Crippen LogP contribution in [0.4, 0.5) is 4.79 Å². The summed E-state index contributed by atoms with van der Waals surface area (Å²) in [6, 6.07) is 0. The second-order valence-corrected chi connectivity index (χ2v) is 11.0. The molecule has 0 aromatic carbocycles. The van der Waals surface area contributed by atoms with Gasteiger partial charge in [0.05, 0.1) is 0 Å². The van der Waals surface area contributed by atoms with E-state index in [1.807, 2.05) is 20.8 Å². The smallest absolute Gasteiger partial charge is 0.410 e. The lowest BCUT2D eigenvalue weighted by Gasteiger charge is -2.33. The zero-order valence-electron chi connectivity index (χ0n) is 22.8. The Hall–Kier alpha value is -1.52. The average Bonchev–Trinajstić information content (AvgIpc) is 2.79. The number of carbonyl (C=O) groups is 2. The molecule has 0 atom stereocenters. The molecule has 2 amide bonds. The number of hydrogen-bond donors (Lipinski definition) is 1. The fraction of sp³-hybridized carbons (Fsp3) is 0.862. The van der Waals surface area contributed by atoms with Gasteiger partial charge in [-0.25, -0.2) is 4.79 Å². The standard InChI is InChI=1S/C29H54N2O3/c1-5-6-7-8-9-10-11-12-13-14-15-16-17-18-19-20-27(32)30-25-26-21-23-31(24-22-26)28(33)34-29(2,3)4/h12-13,26H,5-11,14-25H2,1-4H3,(H,30,32)/b13-12-. The van der Waals surface area contributed by atoms with E-state index < -0.39 is 5.60 Å². The predicted molar refractivity (Wildman–Crippen MR) is 143 cm³/mol. The van der Waals surface area contributed by atoms with Crippen molar-refractivity contribution in [3.8, 4) is 0 Å². The molecule has 0 unspecified atom stereocenters. The maximum Gasteiger partial charge on any atom is 0.410 e. The van der Waals surface area contributed by atoms with Crippen molar-refractivity contribution in [1.82, 2.24) is 10.2 Å². The van der Waals surface area contributed by atoms with Gasteiger partial charge in [-0.3, -0.25) is 4.79 Å². The molecule has 1 N–H and O–H groups in total. The molecule has 5 heteroatoms. The van der Waals surface area contributed by atoms with Crippen molar-refractivity contribution in [2.45, 2.75) is 136 Å². The number of ether oxygens (including phenoxy) is 1. The van der Waals surface area contributed by atoms with Gasteiger partial charge in [-0.15, -0.1) is 0 Å². The summed E-state index contributed by atoms with van der Waals surface area (Å²) in [6.45, 7) is 10.1. The minimum atomic E-state index is -0.452. The number of rotatable bonds is 17. The third-order valence-electron chi connectivity index (χ3n) is 6.52. The molecular formula is C29H54N2O3. The normalized spacial score (nSPS) is 15.1. The molecule has 5 nitrogen and oxygen atoms in total. The molecule has 34 heavy (non-hydrogen) atoms. The summed E-state index contributed by atoms with van der Waals surface area (Å²) >= 11 is 0. The first-order valence-electron chi connectivity index (χ1n) is 14.2. The van der Waals surface area contributed by atoms with Gasteiger partial charge in [0.2, 0.25) is 5.91 Å². The summed E-state index contributed by atoms with van der Waals surface area (Å²) in [5, 5.41) is 3.10. The van der Waals surface area contributed by atoms with Gasteiger partial charge in [0.25, 0.3) is 0 Å². The van der Waals surface area contributed by atoms with E-state index in [1.165, 1.54) is 70.6 Å². The quantitative estimate of drug-likeness (QED) is 0.171. The van der Waals surface area contributed by atoms with Gasteiger partial charge in [0.1, 0.15) is 5.60 Å². The Balaban J connectivity index is 1.92. The fourth-order valence-corrected chi connectivity index (χ4v) is 4.35. The molecule has 1 fully saturated rings. The van der Waals surface area contributed by atoms with E-state index in [-0.39, 0.29) is 12.0 Å². The summed E-state index contributed by atoms with van der Waals surface area (Å²) in [5.41, 5.74) is -0.452. The highest BCUT2D eigenvalue weighted by Crippen LogP contribution is 2.19. The van der Waals surface area contributed by atoms with Crippen LogP contribution in [0, 0.1) is 5.92 Å². The second-order valence-electron chi connectivity index (χ2n) is 11.0. The highest BCUT2D eigenvalue weighted by Gasteiger charge is 2.26. The summed E-state index contributed by atoms with van der Waals surface area (Å²) < 4.78 is 5.44. The lowest BCUT2D eigenvalue weighted by Crippen LogP contribution is -2.43. The number of nitrogens with one attached hydrogen (secondary N) is 1. The Morgan fingerprint density at radius 2 is 1.38 bits per heavy atom. The zero-order chi connectivity index (χ0) is 25.1. The first kappa shape index (κ1) is 30.5. The molecule has 0 saturated carbocycles. The average molecular weight is 479 g/mol. The van der Waals surface area contributed by atoms with E-state index in [0.29, 0.717) is 25.4 Å². The zero-order valence-corrected chi connectivity index (χ0v) is 22.8. The Bertz CT molecular complexity index is 560. The minimum Gasteiger partial charge on any atom is -0.444 e. The van der Waals surface area contributed by atoms with E-state index >= 15 is 0 Å². The molecule has 1 heterocycles. The van der Waals surface area contributed by atoms with Crippen LogP contribution in [-0.4, -0.2) is 42.1 Å². The third-order valence-corrected chi connectivity index (χ3v) is 6.52. The molecule has 0 aromatic heterocycles. The van der Waals surface area contributed by atoms with Crippen molar-refractivity contribution in [3.05, 3.63) is 12.2 Å². The number of hydrogen-bond acceptors (Lipinski definition) is 3. The topological polar surface area (TPSA) is 58.6 Å². The number of nitrogens with zero attached hydrogens (tertiary/aromatic N) is 1. The lowest BCUT2D eigenvalue weighted by molar-refractivity contribution is -0.121. The second kappa shape index (κ2) is 18.8. The van der Waals surface area contributed by atoms with E-state index in [9.17, 15) is 9.59 Å². The highest BCUT2D eigenvalue weighted by molar-refractivity contribution is 5.75. The van der Waals surface area contributed by atoms with Crippen LogP contribution < -0.4 is 5.32 Å². The van der Waals surface area contributed by atoms with Crippen LogP contribution in [0.5, 0.6) is 0 Å². The Morgan fingerprint density at radius 1 is 0.853 bits per heavy atom. The van der Waals surface area contributed by atoms with Gasteiger partial charge in [0.15, 0.2) is 0 Å². The van der Waals surface area contributed by atoms with Crippen molar-refractivity contribution in [3.63, 3.8) is 0 Å². The Labute approximate surface area is 210 Å². The number of likely N-dealkylation sites (tertiary alicyclic amines) is 1. The van der Waals surface area contributed by atoms with E-state index in [4.69, 9.17) is 4.74 Å². The van der Waals surface area contributed by atoms with Gasteiger partial charge in [-0.1, -0.05) is 70.4 Å². The first-order chi connectivity index (χ1) is 16.3. The molecule has 198 valence electrons. The third kappa shape index (κ3) is 17.0. The van der Waals surface area contributed by atoms with Crippen LogP contribution in [0.25, 0.3) is 0 Å². The SMILES string of the molecule is CCCCCCCC/C=C\CCCCCCCC(=O)NCC1CCN(C(=O)OC(C)(C)C)CC1. The summed E-state index contributed by atoms with van der Waals surface area (Å²) in [5.74, 6) is 0.629. The van der Waals surface area contributed by atoms with Gasteiger partial charge in [-0.05, 0) is 71.6 Å². The predicted octanol–water partition coefficient (Wildman–Crippen LogP) is 7.79. The van der Waals surface area contributed by atoms with Crippen LogP contribution in [0.1, 0.15) is 130 Å². The summed E-state index contributed by atoms with van der Waals surface area (Å²) in [4.78, 5) is 26.1. The molecule has 0 spiro atoms. The molecule has 1 aliphatic heterocycles. The molecule has 0 aliphatic carbocycles. The number of unbranched alkanes of at least 4 members (excludes halogenated alkanes) is 11. The van der Waals surface area contributed by atoms with Crippen molar-refractivity contribution in [2.75, 3.05) is 19.6 Å². The van der Waals surface area contributed by atoms with E-state index in [1.54, 1.807) is 4.90 Å². The van der Waals surface area contributed by atoms with Crippen molar-refractivity contribution in [1.29, 1.82) is 0 Å². The number of piperidine rings is 1. The van der Waals surface area contributed by atoms with Crippen LogP contribution in [0.3, 0.4) is 0 Å². The first-order valence-corrected chi connectivity index (χ1v) is 14.2. The number of allylic oxidation sites excluding steroid dienone is 2. The molecule has 1 saturated heterocycles. The van der Waals surface area contributed by atoms with Crippen LogP contribution in [0.2, 0.25) is 0 Å². The Morgan fingerprint density at radius 3 is 1.94 bits per heavy atom. The minimum absolute atomic E-state index is 0.173. The highest BCUT2D eigenvalue weighted by atomic mass is 16.6. The van der Waals surface area contributed by atoms with E-state index in [2.05, 4.69) is 24.4 Å². The van der Waals surface area contributed by atoms with Gasteiger partial charge in [-0.2, -0.15) is 0 Å². The maximum atomic E-state index is 12.1. The largest absolute Gasteiger partial charge is 0.444 e. The van der Waals surface area contributed by atoms with E-state index in [0.717, 1.165) is 32.2 Å².